The maximum Gasteiger partial charge on any atom is 0.326 e. The topological polar surface area (TPSA) is 95.5 Å². The lowest BCUT2D eigenvalue weighted by Crippen LogP contribution is -2.45. The highest BCUT2D eigenvalue weighted by atomic mass is 16.4. The third-order valence-corrected chi connectivity index (χ3v) is 2.66. The smallest absolute Gasteiger partial charge is 0.326 e. The molecule has 1 atom stereocenters. The predicted octanol–water partition coefficient (Wildman–Crippen LogP) is 0.786. The van der Waals surface area contributed by atoms with E-state index in [2.05, 4.69) is 10.6 Å². The van der Waals surface area contributed by atoms with Crippen molar-refractivity contribution in [1.29, 1.82) is 0 Å². The number of carboxylic acids is 1. The second-order valence-electron chi connectivity index (χ2n) is 4.30. The summed E-state index contributed by atoms with van der Waals surface area (Å²) >= 11 is 0. The molecule has 1 aromatic rings. The minimum Gasteiger partial charge on any atom is -0.480 e. The van der Waals surface area contributed by atoms with E-state index in [0.717, 1.165) is 0 Å². The van der Waals surface area contributed by atoms with Crippen LogP contribution in [-0.2, 0) is 9.59 Å². The van der Waals surface area contributed by atoms with Crippen molar-refractivity contribution in [2.45, 2.75) is 25.8 Å². The number of benzene rings is 1. The van der Waals surface area contributed by atoms with Crippen molar-refractivity contribution in [2.24, 2.45) is 0 Å². The van der Waals surface area contributed by atoms with Gasteiger partial charge in [-0.3, -0.25) is 9.59 Å². The Morgan fingerprint density at radius 2 is 1.85 bits per heavy atom. The summed E-state index contributed by atoms with van der Waals surface area (Å²) in [4.78, 5) is 34.1. The van der Waals surface area contributed by atoms with Crippen LogP contribution in [0.3, 0.4) is 0 Å². The SMILES string of the molecule is CCC[C@@H](NC(=O)CNC(=O)c1ccccc1)C(=O)O. The molecule has 0 heterocycles. The number of nitrogens with one attached hydrogen (secondary N) is 2. The number of carbonyl (C=O) groups is 3. The molecule has 20 heavy (non-hydrogen) atoms. The molecule has 1 aromatic carbocycles. The average Bonchev–Trinajstić information content (AvgIpc) is 2.45. The van der Waals surface area contributed by atoms with Gasteiger partial charge < -0.3 is 15.7 Å². The number of hydrogen-bond donors (Lipinski definition) is 3. The largest absolute Gasteiger partial charge is 0.480 e. The Morgan fingerprint density at radius 1 is 1.20 bits per heavy atom. The van der Waals surface area contributed by atoms with Gasteiger partial charge in [-0.25, -0.2) is 4.79 Å². The molecule has 0 bridgehead atoms. The molecule has 108 valence electrons. The zero-order valence-electron chi connectivity index (χ0n) is 11.3. The van der Waals surface area contributed by atoms with E-state index >= 15 is 0 Å². The molecule has 0 fully saturated rings. The van der Waals surface area contributed by atoms with Crippen LogP contribution >= 0.6 is 0 Å². The first-order valence-corrected chi connectivity index (χ1v) is 6.40. The van der Waals surface area contributed by atoms with Gasteiger partial charge in [0.25, 0.3) is 5.91 Å². The van der Waals surface area contributed by atoms with Crippen LogP contribution in [0.5, 0.6) is 0 Å². The van der Waals surface area contributed by atoms with E-state index in [1.807, 2.05) is 6.92 Å². The van der Waals surface area contributed by atoms with Gasteiger partial charge in [-0.2, -0.15) is 0 Å². The summed E-state index contributed by atoms with van der Waals surface area (Å²) in [5.41, 5.74) is 0.448. The van der Waals surface area contributed by atoms with E-state index < -0.39 is 17.9 Å². The Balaban J connectivity index is 2.43. The lowest BCUT2D eigenvalue weighted by atomic mass is 10.1. The van der Waals surface area contributed by atoms with Crippen LogP contribution in [-0.4, -0.2) is 35.5 Å². The molecule has 0 saturated heterocycles. The maximum absolute atomic E-state index is 11.7. The van der Waals surface area contributed by atoms with Crippen LogP contribution in [0.2, 0.25) is 0 Å². The van der Waals surface area contributed by atoms with Crippen LogP contribution < -0.4 is 10.6 Å². The first-order chi connectivity index (χ1) is 9.54. The molecule has 3 N–H and O–H groups in total. The predicted molar refractivity (Wildman–Crippen MR) is 73.2 cm³/mol. The van der Waals surface area contributed by atoms with Crippen LogP contribution in [0.15, 0.2) is 30.3 Å². The Labute approximate surface area is 117 Å². The number of rotatable bonds is 7. The lowest BCUT2D eigenvalue weighted by Gasteiger charge is -2.13. The van der Waals surface area contributed by atoms with Gasteiger partial charge in [-0.1, -0.05) is 31.5 Å². The minimum atomic E-state index is -1.07. The van der Waals surface area contributed by atoms with Gasteiger partial charge in [0, 0.05) is 5.56 Å². The molecule has 0 unspecified atom stereocenters. The van der Waals surface area contributed by atoms with Crippen molar-refractivity contribution in [1.82, 2.24) is 10.6 Å². The fraction of sp³-hybridized carbons (Fsp3) is 0.357. The van der Waals surface area contributed by atoms with Gasteiger partial charge in [0.1, 0.15) is 6.04 Å². The summed E-state index contributed by atoms with van der Waals surface area (Å²) in [6, 6.07) is 7.56. The fourth-order valence-electron chi connectivity index (χ4n) is 1.64. The number of carboxylic acid groups (broad SMARTS) is 1. The number of aliphatic carboxylic acids is 1. The highest BCUT2D eigenvalue weighted by molar-refractivity contribution is 5.96. The molecule has 0 aromatic heterocycles. The first kappa shape index (κ1) is 15.7. The number of amides is 2. The average molecular weight is 278 g/mol. The summed E-state index contributed by atoms with van der Waals surface area (Å²) in [7, 11) is 0. The van der Waals surface area contributed by atoms with E-state index in [1.54, 1.807) is 30.3 Å². The molecule has 6 nitrogen and oxygen atoms in total. The van der Waals surface area contributed by atoms with E-state index in [0.29, 0.717) is 18.4 Å². The molecule has 6 heteroatoms. The molecular weight excluding hydrogens is 260 g/mol. The molecule has 2 amide bonds. The molecule has 0 radical (unpaired) electrons. The van der Waals surface area contributed by atoms with Gasteiger partial charge in [-0.05, 0) is 18.6 Å². The van der Waals surface area contributed by atoms with Crippen molar-refractivity contribution >= 4 is 17.8 Å². The van der Waals surface area contributed by atoms with Crippen molar-refractivity contribution in [3.05, 3.63) is 35.9 Å². The molecular formula is C14H18N2O4. The van der Waals surface area contributed by atoms with Crippen LogP contribution in [0.1, 0.15) is 30.1 Å². The summed E-state index contributed by atoms with van der Waals surface area (Å²) in [5.74, 6) is -1.96. The normalized spacial score (nSPS) is 11.4. The summed E-state index contributed by atoms with van der Waals surface area (Å²) < 4.78 is 0. The lowest BCUT2D eigenvalue weighted by molar-refractivity contribution is -0.141. The van der Waals surface area contributed by atoms with Crippen molar-refractivity contribution in [3.63, 3.8) is 0 Å². The third kappa shape index (κ3) is 5.09. The molecule has 1 rings (SSSR count). The Bertz CT molecular complexity index is 473. The minimum absolute atomic E-state index is 0.249. The van der Waals surface area contributed by atoms with Crippen LogP contribution in [0.25, 0.3) is 0 Å². The summed E-state index contributed by atoms with van der Waals surface area (Å²) in [6.07, 6.45) is 1.00. The van der Waals surface area contributed by atoms with Crippen molar-refractivity contribution in [3.8, 4) is 0 Å². The van der Waals surface area contributed by atoms with E-state index in [4.69, 9.17) is 5.11 Å². The Kier molecular flexibility index (Phi) is 6.22. The molecule has 0 spiro atoms. The highest BCUT2D eigenvalue weighted by Crippen LogP contribution is 1.98. The zero-order valence-corrected chi connectivity index (χ0v) is 11.3. The van der Waals surface area contributed by atoms with Gasteiger partial charge in [0.15, 0.2) is 0 Å². The second kappa shape index (κ2) is 7.93. The number of carbonyl (C=O) groups excluding carboxylic acids is 2. The quantitative estimate of drug-likeness (QED) is 0.687. The van der Waals surface area contributed by atoms with Gasteiger partial charge in [-0.15, -0.1) is 0 Å². The van der Waals surface area contributed by atoms with Crippen LogP contribution in [0.4, 0.5) is 0 Å². The summed E-state index contributed by atoms with van der Waals surface area (Å²) in [5, 5.41) is 13.7. The van der Waals surface area contributed by atoms with Gasteiger partial charge in [0.2, 0.25) is 5.91 Å². The molecule has 0 aliphatic carbocycles. The van der Waals surface area contributed by atoms with Gasteiger partial charge >= 0.3 is 5.97 Å². The van der Waals surface area contributed by atoms with Crippen molar-refractivity contribution in [2.75, 3.05) is 6.54 Å². The summed E-state index contributed by atoms with van der Waals surface area (Å²) in [6.45, 7) is 1.58. The van der Waals surface area contributed by atoms with E-state index in [-0.39, 0.29) is 12.5 Å². The zero-order chi connectivity index (χ0) is 15.0. The maximum atomic E-state index is 11.7. The first-order valence-electron chi connectivity index (χ1n) is 6.40. The number of hydrogen-bond acceptors (Lipinski definition) is 3. The third-order valence-electron chi connectivity index (χ3n) is 2.66. The fourth-order valence-corrected chi connectivity index (χ4v) is 1.64. The van der Waals surface area contributed by atoms with Gasteiger partial charge in [0.05, 0.1) is 6.54 Å². The highest BCUT2D eigenvalue weighted by Gasteiger charge is 2.18. The molecule has 0 saturated carbocycles. The molecule has 0 aliphatic rings. The van der Waals surface area contributed by atoms with Crippen molar-refractivity contribution < 1.29 is 19.5 Å². The Hall–Kier alpha value is -2.37. The monoisotopic (exact) mass is 278 g/mol. The second-order valence-corrected chi connectivity index (χ2v) is 4.30. The van der Waals surface area contributed by atoms with Crippen LogP contribution in [0, 0.1) is 0 Å². The standard InChI is InChI=1S/C14H18N2O4/c1-2-6-11(14(19)20)16-12(17)9-15-13(18)10-7-4-3-5-8-10/h3-5,7-8,11H,2,6,9H2,1H3,(H,15,18)(H,16,17)(H,19,20)/t11-/m1/s1. The van der Waals surface area contributed by atoms with E-state index in [1.165, 1.54) is 0 Å². The Morgan fingerprint density at radius 3 is 2.40 bits per heavy atom. The van der Waals surface area contributed by atoms with E-state index in [9.17, 15) is 14.4 Å². The molecule has 0 aliphatic heterocycles.